The summed E-state index contributed by atoms with van der Waals surface area (Å²) in [5.41, 5.74) is 8.20. The Kier molecular flexibility index (Phi) is 6.36. The van der Waals surface area contributed by atoms with Gasteiger partial charge in [-0.2, -0.15) is 0 Å². The van der Waals surface area contributed by atoms with Gasteiger partial charge in [0.25, 0.3) is 5.91 Å². The molecule has 0 atom stereocenters. The number of methoxy groups -OCH3 is 1. The molecule has 1 amide bonds. The van der Waals surface area contributed by atoms with Crippen LogP contribution in [-0.4, -0.2) is 23.6 Å². The highest BCUT2D eigenvalue weighted by Crippen LogP contribution is 2.37. The van der Waals surface area contributed by atoms with Crippen LogP contribution in [-0.2, 0) is 14.3 Å². The van der Waals surface area contributed by atoms with E-state index in [0.29, 0.717) is 17.0 Å². The molecule has 5 nitrogen and oxygen atoms in total. The van der Waals surface area contributed by atoms with Gasteiger partial charge in [0.15, 0.2) is 0 Å². The second-order valence-corrected chi connectivity index (χ2v) is 9.50. The number of rotatable bonds is 4. The zero-order valence-corrected chi connectivity index (χ0v) is 21.8. The maximum absolute atomic E-state index is 13.6. The van der Waals surface area contributed by atoms with Gasteiger partial charge < -0.3 is 9.30 Å². The predicted octanol–water partition coefficient (Wildman–Crippen LogP) is 6.35. The second-order valence-electron chi connectivity index (χ2n) is 8.58. The number of anilines is 1. The Morgan fingerprint density at radius 1 is 1.00 bits per heavy atom. The van der Waals surface area contributed by atoms with Gasteiger partial charge >= 0.3 is 5.97 Å². The van der Waals surface area contributed by atoms with Gasteiger partial charge in [-0.3, -0.25) is 9.69 Å². The Morgan fingerprint density at radius 3 is 2.41 bits per heavy atom. The van der Waals surface area contributed by atoms with Crippen LogP contribution < -0.4 is 4.90 Å². The summed E-state index contributed by atoms with van der Waals surface area (Å²) in [4.78, 5) is 27.9. The number of nitrogens with zero attached hydrogens (tertiary/aromatic N) is 2. The molecule has 0 bridgehead atoms. The number of allylic oxidation sites excluding steroid dienone is 1. The molecule has 1 aromatic heterocycles. The van der Waals surface area contributed by atoms with Crippen molar-refractivity contribution in [1.29, 1.82) is 0 Å². The molecule has 0 radical (unpaired) electrons. The lowest BCUT2D eigenvalue weighted by Gasteiger charge is -2.18. The number of benzene rings is 2. The SMILES string of the molecule is COC(=O)C1=C(C)N(c2cccc(Br)c2)C(=O)/C1=C\c1cc(C)n(-c2cc(C)ccc2C)c1C. The molecule has 6 heteroatoms. The summed E-state index contributed by atoms with van der Waals surface area (Å²) in [6.45, 7) is 10.0. The number of esters is 1. The van der Waals surface area contributed by atoms with E-state index in [0.717, 1.165) is 32.7 Å². The number of aromatic nitrogens is 1. The smallest absolute Gasteiger partial charge is 0.340 e. The maximum atomic E-state index is 13.6. The lowest BCUT2D eigenvalue weighted by Crippen LogP contribution is -2.24. The highest BCUT2D eigenvalue weighted by molar-refractivity contribution is 9.10. The summed E-state index contributed by atoms with van der Waals surface area (Å²) in [5, 5.41) is 0. The van der Waals surface area contributed by atoms with Gasteiger partial charge in [0.2, 0.25) is 0 Å². The highest BCUT2D eigenvalue weighted by atomic mass is 79.9. The molecule has 2 aromatic carbocycles. The fourth-order valence-electron chi connectivity index (χ4n) is 4.53. The van der Waals surface area contributed by atoms with Crippen molar-refractivity contribution < 1.29 is 14.3 Å². The standard InChI is InChI=1S/C28H27BrN2O3/c1-16-10-11-17(2)25(12-16)30-18(3)13-21(19(30)4)14-24-26(28(33)34-6)20(5)31(27(24)32)23-9-7-8-22(29)15-23/h7-15H,1-6H3/b24-14-. The zero-order chi connectivity index (χ0) is 24.7. The van der Waals surface area contributed by atoms with Crippen molar-refractivity contribution in [1.82, 2.24) is 4.57 Å². The van der Waals surface area contributed by atoms with Crippen LogP contribution in [0.3, 0.4) is 0 Å². The third-order valence-corrected chi connectivity index (χ3v) is 6.72. The van der Waals surface area contributed by atoms with E-state index in [4.69, 9.17) is 4.74 Å². The van der Waals surface area contributed by atoms with Crippen LogP contribution in [0.25, 0.3) is 11.8 Å². The summed E-state index contributed by atoms with van der Waals surface area (Å²) in [6, 6.07) is 15.9. The van der Waals surface area contributed by atoms with Crippen molar-refractivity contribution in [3.05, 3.63) is 97.9 Å². The van der Waals surface area contributed by atoms with E-state index in [1.54, 1.807) is 17.9 Å². The van der Waals surface area contributed by atoms with Crippen LogP contribution in [0.4, 0.5) is 5.69 Å². The molecule has 0 spiro atoms. The summed E-state index contributed by atoms with van der Waals surface area (Å²) in [5.74, 6) is -0.787. The van der Waals surface area contributed by atoms with E-state index in [2.05, 4.69) is 52.5 Å². The third-order valence-electron chi connectivity index (χ3n) is 6.23. The molecule has 0 N–H and O–H groups in total. The van der Waals surface area contributed by atoms with E-state index in [9.17, 15) is 9.59 Å². The van der Waals surface area contributed by atoms with Gasteiger partial charge in [-0.05, 0) is 87.7 Å². The molecule has 0 saturated heterocycles. The third kappa shape index (κ3) is 4.03. The van der Waals surface area contributed by atoms with Crippen molar-refractivity contribution in [3.63, 3.8) is 0 Å². The Balaban J connectivity index is 1.88. The maximum Gasteiger partial charge on any atom is 0.340 e. The Morgan fingerprint density at radius 2 is 1.74 bits per heavy atom. The average Bonchev–Trinajstić information content (AvgIpc) is 3.21. The molecule has 1 aliphatic rings. The Bertz CT molecular complexity index is 1390. The average molecular weight is 519 g/mol. The zero-order valence-electron chi connectivity index (χ0n) is 20.2. The van der Waals surface area contributed by atoms with E-state index in [1.165, 1.54) is 12.7 Å². The normalized spacial score (nSPS) is 15.0. The first-order valence-electron chi connectivity index (χ1n) is 11.0. The first kappa shape index (κ1) is 23.8. The van der Waals surface area contributed by atoms with Crippen LogP contribution in [0.15, 0.2) is 69.8 Å². The molecular formula is C28H27BrN2O3. The van der Waals surface area contributed by atoms with E-state index in [1.807, 2.05) is 44.2 Å². The number of hydrogen-bond acceptors (Lipinski definition) is 3. The fourth-order valence-corrected chi connectivity index (χ4v) is 4.91. The molecule has 0 aliphatic carbocycles. The number of carbonyl (C=O) groups is 2. The highest BCUT2D eigenvalue weighted by Gasteiger charge is 2.38. The molecule has 0 unspecified atom stereocenters. The number of aryl methyl sites for hydroxylation is 3. The summed E-state index contributed by atoms with van der Waals surface area (Å²) >= 11 is 3.47. The van der Waals surface area contributed by atoms with E-state index >= 15 is 0 Å². The van der Waals surface area contributed by atoms with Crippen molar-refractivity contribution in [2.75, 3.05) is 12.0 Å². The first-order valence-corrected chi connectivity index (χ1v) is 11.8. The molecule has 3 aromatic rings. The number of amides is 1. The van der Waals surface area contributed by atoms with E-state index < -0.39 is 5.97 Å². The van der Waals surface area contributed by atoms with Crippen molar-refractivity contribution in [2.45, 2.75) is 34.6 Å². The summed E-state index contributed by atoms with van der Waals surface area (Å²) in [6.07, 6.45) is 1.81. The molecule has 34 heavy (non-hydrogen) atoms. The summed E-state index contributed by atoms with van der Waals surface area (Å²) in [7, 11) is 1.33. The number of halogens is 1. The summed E-state index contributed by atoms with van der Waals surface area (Å²) < 4.78 is 8.09. The molecule has 0 fully saturated rings. The van der Waals surface area contributed by atoms with Crippen molar-refractivity contribution in [3.8, 4) is 5.69 Å². The van der Waals surface area contributed by atoms with Gasteiger partial charge in [-0.15, -0.1) is 0 Å². The molecule has 4 rings (SSSR count). The van der Waals surface area contributed by atoms with Gasteiger partial charge in [0, 0.05) is 27.2 Å². The van der Waals surface area contributed by atoms with Crippen LogP contribution in [0.2, 0.25) is 0 Å². The van der Waals surface area contributed by atoms with Gasteiger partial charge in [0.1, 0.15) is 0 Å². The largest absolute Gasteiger partial charge is 0.465 e. The lowest BCUT2D eigenvalue weighted by molar-refractivity contribution is -0.136. The first-order chi connectivity index (χ1) is 16.1. The molecule has 174 valence electrons. The van der Waals surface area contributed by atoms with Gasteiger partial charge in [-0.25, -0.2) is 4.79 Å². The van der Waals surface area contributed by atoms with Crippen molar-refractivity contribution in [2.24, 2.45) is 0 Å². The predicted molar refractivity (Wildman–Crippen MR) is 139 cm³/mol. The topological polar surface area (TPSA) is 51.5 Å². The Labute approximate surface area is 208 Å². The number of ether oxygens (including phenoxy) is 1. The van der Waals surface area contributed by atoms with E-state index in [-0.39, 0.29) is 11.5 Å². The Hall–Kier alpha value is -3.38. The van der Waals surface area contributed by atoms with Crippen LogP contribution in [0.5, 0.6) is 0 Å². The minimum atomic E-state index is -0.530. The monoisotopic (exact) mass is 518 g/mol. The molecule has 1 aliphatic heterocycles. The van der Waals surface area contributed by atoms with Crippen LogP contribution in [0.1, 0.15) is 35.0 Å². The van der Waals surface area contributed by atoms with Crippen molar-refractivity contribution >= 4 is 39.6 Å². The number of hydrogen-bond donors (Lipinski definition) is 0. The number of carbonyl (C=O) groups excluding carboxylic acids is 2. The minimum absolute atomic E-state index is 0.257. The fraction of sp³-hybridized carbons (Fsp3) is 0.214. The van der Waals surface area contributed by atoms with Gasteiger partial charge in [-0.1, -0.05) is 34.1 Å². The van der Waals surface area contributed by atoms with Crippen LogP contribution in [0, 0.1) is 27.7 Å². The molecule has 0 saturated carbocycles. The van der Waals surface area contributed by atoms with Gasteiger partial charge in [0.05, 0.1) is 23.9 Å². The lowest BCUT2D eigenvalue weighted by atomic mass is 10.0. The quantitative estimate of drug-likeness (QED) is 0.298. The molecular weight excluding hydrogens is 492 g/mol. The minimum Gasteiger partial charge on any atom is -0.465 e. The second kappa shape index (κ2) is 9.11. The van der Waals surface area contributed by atoms with Crippen LogP contribution >= 0.6 is 15.9 Å². The molecule has 2 heterocycles.